The Bertz CT molecular complexity index is 1010. The molecule has 3 rings (SSSR count). The molecule has 1 aliphatic heterocycles. The van der Waals surface area contributed by atoms with Gasteiger partial charge in [0.2, 0.25) is 0 Å². The second-order valence-corrected chi connectivity index (χ2v) is 8.12. The van der Waals surface area contributed by atoms with Gasteiger partial charge < -0.3 is 15.1 Å². The fourth-order valence-electron chi connectivity index (χ4n) is 4.05. The van der Waals surface area contributed by atoms with E-state index in [0.29, 0.717) is 0 Å². The van der Waals surface area contributed by atoms with Gasteiger partial charge in [-0.05, 0) is 62.9 Å². The predicted octanol–water partition coefficient (Wildman–Crippen LogP) is 4.82. The van der Waals surface area contributed by atoms with Gasteiger partial charge in [0.25, 0.3) is 5.91 Å². The smallest absolute Gasteiger partial charge is 0.267 e. The quantitative estimate of drug-likeness (QED) is 0.549. The van der Waals surface area contributed by atoms with Gasteiger partial charge in [-0.1, -0.05) is 29.8 Å². The molecule has 0 bridgehead atoms. The summed E-state index contributed by atoms with van der Waals surface area (Å²) in [5, 5.41) is 12.5. The minimum absolute atomic E-state index is 0. The van der Waals surface area contributed by atoms with Crippen LogP contribution < -0.4 is 10.2 Å². The van der Waals surface area contributed by atoms with Crippen LogP contribution >= 0.6 is 12.4 Å². The molecular formula is C25H31ClN4O. The zero-order chi connectivity index (χ0) is 21.8. The molecule has 0 aromatic heterocycles. The van der Waals surface area contributed by atoms with E-state index in [1.165, 1.54) is 16.8 Å². The first kappa shape index (κ1) is 24.3. The minimum Gasteiger partial charge on any atom is -0.373 e. The average Bonchev–Trinajstić information content (AvgIpc) is 2.71. The number of halogens is 1. The van der Waals surface area contributed by atoms with Crippen LogP contribution in [0.15, 0.2) is 42.1 Å². The first-order valence-electron chi connectivity index (χ1n) is 10.4. The predicted molar refractivity (Wildman–Crippen MR) is 130 cm³/mol. The molecule has 164 valence electrons. The number of piperazine rings is 1. The van der Waals surface area contributed by atoms with Crippen molar-refractivity contribution in [2.24, 2.45) is 0 Å². The Labute approximate surface area is 191 Å². The molecule has 0 atom stereocenters. The maximum atomic E-state index is 12.7. The Hall–Kier alpha value is -2.97. The molecular weight excluding hydrogens is 408 g/mol. The molecule has 5 nitrogen and oxygen atoms in total. The number of nitriles is 1. The van der Waals surface area contributed by atoms with E-state index in [-0.39, 0.29) is 23.9 Å². The SMILES string of the molecule is Cc1cc(C)c(NC(=O)/C(C#N)=C\N2CCN(c3cccc(C)c3C)CC2)c(C)c1.Cl. The molecule has 0 radical (unpaired) electrons. The van der Waals surface area contributed by atoms with E-state index in [0.717, 1.165) is 48.6 Å². The Morgan fingerprint density at radius 3 is 2.19 bits per heavy atom. The number of carbonyl (C=O) groups excluding carboxylic acids is 1. The highest BCUT2D eigenvalue weighted by Crippen LogP contribution is 2.25. The summed E-state index contributed by atoms with van der Waals surface area (Å²) >= 11 is 0. The van der Waals surface area contributed by atoms with Gasteiger partial charge in [0.15, 0.2) is 0 Å². The molecule has 31 heavy (non-hydrogen) atoms. The third-order valence-electron chi connectivity index (χ3n) is 5.82. The Kier molecular flexibility index (Phi) is 8.13. The fourth-order valence-corrected chi connectivity index (χ4v) is 4.05. The van der Waals surface area contributed by atoms with Crippen molar-refractivity contribution < 1.29 is 4.79 Å². The average molecular weight is 439 g/mol. The number of nitrogens with one attached hydrogen (secondary N) is 1. The highest BCUT2D eigenvalue weighted by atomic mass is 35.5. The van der Waals surface area contributed by atoms with Crippen LogP contribution in [0.5, 0.6) is 0 Å². The maximum absolute atomic E-state index is 12.7. The van der Waals surface area contributed by atoms with E-state index in [1.54, 1.807) is 6.20 Å². The van der Waals surface area contributed by atoms with Crippen molar-refractivity contribution in [2.45, 2.75) is 34.6 Å². The first-order valence-corrected chi connectivity index (χ1v) is 10.4. The molecule has 0 saturated carbocycles. The number of hydrogen-bond donors (Lipinski definition) is 1. The molecule has 0 unspecified atom stereocenters. The summed E-state index contributed by atoms with van der Waals surface area (Å²) in [5.74, 6) is -0.357. The van der Waals surface area contributed by atoms with Crippen LogP contribution in [-0.4, -0.2) is 37.0 Å². The second kappa shape index (κ2) is 10.4. The van der Waals surface area contributed by atoms with Crippen molar-refractivity contribution in [1.29, 1.82) is 5.26 Å². The summed E-state index contributed by atoms with van der Waals surface area (Å²) in [6.07, 6.45) is 1.70. The van der Waals surface area contributed by atoms with Gasteiger partial charge in [-0.3, -0.25) is 4.79 Å². The van der Waals surface area contributed by atoms with E-state index in [4.69, 9.17) is 0 Å². The number of benzene rings is 2. The standard InChI is InChI=1S/C25H30N4O.ClH/c1-17-13-19(3)24(20(4)14-17)27-25(30)22(15-26)16-28-9-11-29(12-10-28)23-8-6-7-18(2)21(23)5;/h6-8,13-14,16H,9-12H2,1-5H3,(H,27,30);1H/b22-16-;. The van der Waals surface area contributed by atoms with Gasteiger partial charge in [0.1, 0.15) is 11.6 Å². The van der Waals surface area contributed by atoms with Crippen molar-refractivity contribution >= 4 is 29.7 Å². The lowest BCUT2D eigenvalue weighted by Crippen LogP contribution is -2.44. The van der Waals surface area contributed by atoms with Gasteiger partial charge in [0, 0.05) is 43.8 Å². The van der Waals surface area contributed by atoms with Crippen molar-refractivity contribution in [3.63, 3.8) is 0 Å². The number of nitrogens with zero attached hydrogens (tertiary/aromatic N) is 3. The summed E-state index contributed by atoms with van der Waals surface area (Å²) in [4.78, 5) is 17.2. The van der Waals surface area contributed by atoms with Gasteiger partial charge >= 0.3 is 0 Å². The summed E-state index contributed by atoms with van der Waals surface area (Å²) in [6.45, 7) is 13.5. The molecule has 6 heteroatoms. The highest BCUT2D eigenvalue weighted by molar-refractivity contribution is 6.07. The third kappa shape index (κ3) is 5.59. The van der Waals surface area contributed by atoms with E-state index >= 15 is 0 Å². The van der Waals surface area contributed by atoms with Crippen LogP contribution in [0.25, 0.3) is 0 Å². The van der Waals surface area contributed by atoms with Gasteiger partial charge in [-0.2, -0.15) is 5.26 Å². The van der Waals surface area contributed by atoms with E-state index < -0.39 is 0 Å². The van der Waals surface area contributed by atoms with Crippen molar-refractivity contribution in [3.8, 4) is 6.07 Å². The maximum Gasteiger partial charge on any atom is 0.267 e. The number of amides is 1. The van der Waals surface area contributed by atoms with Crippen LogP contribution in [0.2, 0.25) is 0 Å². The van der Waals surface area contributed by atoms with E-state index in [2.05, 4.69) is 53.2 Å². The molecule has 2 aromatic carbocycles. The molecule has 1 saturated heterocycles. The summed E-state index contributed by atoms with van der Waals surface area (Å²) in [7, 11) is 0. The lowest BCUT2D eigenvalue weighted by Gasteiger charge is -2.36. The molecule has 1 heterocycles. The summed E-state index contributed by atoms with van der Waals surface area (Å²) in [6, 6.07) is 12.5. The monoisotopic (exact) mass is 438 g/mol. The largest absolute Gasteiger partial charge is 0.373 e. The van der Waals surface area contributed by atoms with Crippen LogP contribution in [0.1, 0.15) is 27.8 Å². The van der Waals surface area contributed by atoms with Gasteiger partial charge in [-0.25, -0.2) is 0 Å². The fraction of sp³-hybridized carbons (Fsp3) is 0.360. The van der Waals surface area contributed by atoms with Gasteiger partial charge in [0.05, 0.1) is 0 Å². The van der Waals surface area contributed by atoms with Crippen LogP contribution in [0, 0.1) is 45.9 Å². The van der Waals surface area contributed by atoms with Gasteiger partial charge in [-0.15, -0.1) is 12.4 Å². The molecule has 0 spiro atoms. The minimum atomic E-state index is -0.357. The number of hydrogen-bond acceptors (Lipinski definition) is 4. The summed E-state index contributed by atoms with van der Waals surface area (Å²) in [5.41, 5.74) is 7.94. The lowest BCUT2D eigenvalue weighted by molar-refractivity contribution is -0.112. The number of rotatable bonds is 4. The Morgan fingerprint density at radius 2 is 1.61 bits per heavy atom. The zero-order valence-corrected chi connectivity index (χ0v) is 19.8. The first-order chi connectivity index (χ1) is 14.3. The molecule has 0 aliphatic carbocycles. The molecule has 1 N–H and O–H groups in total. The molecule has 2 aromatic rings. The molecule has 1 fully saturated rings. The zero-order valence-electron chi connectivity index (χ0n) is 19.0. The number of carbonyl (C=O) groups is 1. The van der Waals surface area contributed by atoms with Crippen molar-refractivity contribution in [3.05, 3.63) is 69.9 Å². The number of aryl methyl sites for hydroxylation is 4. The van der Waals surface area contributed by atoms with E-state index in [9.17, 15) is 10.1 Å². The Balaban J connectivity index is 0.00000341. The van der Waals surface area contributed by atoms with Crippen LogP contribution in [0.3, 0.4) is 0 Å². The van der Waals surface area contributed by atoms with E-state index in [1.807, 2.05) is 32.9 Å². The second-order valence-electron chi connectivity index (χ2n) is 8.12. The molecule has 1 amide bonds. The summed E-state index contributed by atoms with van der Waals surface area (Å²) < 4.78 is 0. The van der Waals surface area contributed by atoms with Crippen LogP contribution in [0.4, 0.5) is 11.4 Å². The molecule has 1 aliphatic rings. The third-order valence-corrected chi connectivity index (χ3v) is 5.82. The van der Waals surface area contributed by atoms with Crippen molar-refractivity contribution in [1.82, 2.24) is 4.90 Å². The topological polar surface area (TPSA) is 59.4 Å². The Morgan fingerprint density at radius 1 is 1.00 bits per heavy atom. The van der Waals surface area contributed by atoms with Crippen LogP contribution in [-0.2, 0) is 4.79 Å². The number of anilines is 2. The lowest BCUT2D eigenvalue weighted by atomic mass is 10.0. The van der Waals surface area contributed by atoms with Crippen molar-refractivity contribution in [2.75, 3.05) is 36.4 Å². The normalized spacial score (nSPS) is 14.0. The highest BCUT2D eigenvalue weighted by Gasteiger charge is 2.19.